The van der Waals surface area contributed by atoms with Gasteiger partial charge in [0.05, 0.1) is 10.6 Å². The van der Waals surface area contributed by atoms with Gasteiger partial charge < -0.3 is 0 Å². The number of nitrogens with zero attached hydrogens (tertiary/aromatic N) is 1. The van der Waals surface area contributed by atoms with Crippen molar-refractivity contribution in [1.29, 1.82) is 0 Å². The van der Waals surface area contributed by atoms with E-state index in [9.17, 15) is 8.42 Å². The lowest BCUT2D eigenvalue weighted by atomic mass is 10.00. The van der Waals surface area contributed by atoms with Gasteiger partial charge in [0.1, 0.15) is 0 Å². The van der Waals surface area contributed by atoms with Crippen molar-refractivity contribution in [1.82, 2.24) is 4.83 Å². The fraction of sp³-hybridized carbons (Fsp3) is 0.357. The van der Waals surface area contributed by atoms with Crippen LogP contribution in [0, 0.1) is 6.92 Å². The minimum atomic E-state index is -3.56. The molecular weight excluding hydrogens is 260 g/mol. The Labute approximate surface area is 114 Å². The summed E-state index contributed by atoms with van der Waals surface area (Å²) in [7, 11) is -3.56. The minimum absolute atomic E-state index is 0.235. The molecule has 1 N–H and O–H groups in total. The minimum Gasteiger partial charge on any atom is -0.200 e. The molecule has 1 aromatic carbocycles. The highest BCUT2D eigenvalue weighted by Gasteiger charge is 2.13. The summed E-state index contributed by atoms with van der Waals surface area (Å²) in [4.78, 5) is 2.54. The van der Waals surface area contributed by atoms with Crippen LogP contribution in [0.4, 0.5) is 0 Å². The molecule has 0 atom stereocenters. The van der Waals surface area contributed by atoms with Crippen LogP contribution in [0.1, 0.15) is 31.7 Å². The van der Waals surface area contributed by atoms with Gasteiger partial charge in [-0.1, -0.05) is 23.3 Å². The topological polar surface area (TPSA) is 58.5 Å². The lowest BCUT2D eigenvalue weighted by Crippen LogP contribution is -2.20. The molecule has 2 rings (SSSR count). The second-order valence-corrected chi connectivity index (χ2v) is 6.52. The smallest absolute Gasteiger partial charge is 0.200 e. The van der Waals surface area contributed by atoms with E-state index in [1.165, 1.54) is 5.57 Å². The number of hydrogen-bond donors (Lipinski definition) is 1. The monoisotopic (exact) mass is 278 g/mol. The molecule has 4 nitrogen and oxygen atoms in total. The number of hydrogen-bond acceptors (Lipinski definition) is 3. The van der Waals surface area contributed by atoms with Crippen molar-refractivity contribution in [2.75, 3.05) is 0 Å². The lowest BCUT2D eigenvalue weighted by molar-refractivity contribution is 0.584. The van der Waals surface area contributed by atoms with Crippen molar-refractivity contribution in [3.8, 4) is 0 Å². The van der Waals surface area contributed by atoms with Gasteiger partial charge in [-0.15, -0.1) is 0 Å². The number of benzene rings is 1. The van der Waals surface area contributed by atoms with E-state index >= 15 is 0 Å². The van der Waals surface area contributed by atoms with E-state index in [-0.39, 0.29) is 4.90 Å². The molecule has 0 saturated heterocycles. The number of rotatable bonds is 3. The maximum atomic E-state index is 12.0. The van der Waals surface area contributed by atoms with Crippen LogP contribution in [-0.2, 0) is 10.0 Å². The van der Waals surface area contributed by atoms with E-state index in [1.54, 1.807) is 24.3 Å². The van der Waals surface area contributed by atoms with E-state index in [4.69, 9.17) is 0 Å². The predicted molar refractivity (Wildman–Crippen MR) is 76.5 cm³/mol. The van der Waals surface area contributed by atoms with E-state index in [0.29, 0.717) is 0 Å². The van der Waals surface area contributed by atoms with Crippen LogP contribution in [-0.4, -0.2) is 14.1 Å². The quantitative estimate of drug-likeness (QED) is 0.864. The zero-order chi connectivity index (χ0) is 13.9. The third-order valence-corrected chi connectivity index (χ3v) is 4.28. The first kappa shape index (κ1) is 13.8. The molecule has 0 heterocycles. The third-order valence-electron chi connectivity index (χ3n) is 3.06. The van der Waals surface area contributed by atoms with Gasteiger partial charge in [0.2, 0.25) is 0 Å². The molecule has 1 aliphatic rings. The van der Waals surface area contributed by atoms with Crippen LogP contribution in [0.2, 0.25) is 0 Å². The summed E-state index contributed by atoms with van der Waals surface area (Å²) < 4.78 is 24.1. The average Bonchev–Trinajstić information content (AvgIpc) is 2.37. The maximum Gasteiger partial charge on any atom is 0.276 e. The van der Waals surface area contributed by atoms with E-state index in [0.717, 1.165) is 30.5 Å². The van der Waals surface area contributed by atoms with Crippen molar-refractivity contribution >= 4 is 15.7 Å². The van der Waals surface area contributed by atoms with Gasteiger partial charge in [0, 0.05) is 0 Å². The van der Waals surface area contributed by atoms with Gasteiger partial charge >= 0.3 is 0 Å². The largest absolute Gasteiger partial charge is 0.276 e. The molecule has 0 saturated carbocycles. The van der Waals surface area contributed by atoms with Crippen LogP contribution in [0.25, 0.3) is 0 Å². The van der Waals surface area contributed by atoms with Crippen molar-refractivity contribution in [3.63, 3.8) is 0 Å². The molecule has 0 fully saturated rings. The zero-order valence-electron chi connectivity index (χ0n) is 11.2. The predicted octanol–water partition coefficient (Wildman–Crippen LogP) is 2.76. The number of aryl methyl sites for hydroxylation is 1. The average molecular weight is 278 g/mol. The number of nitrogens with one attached hydrogen (secondary N) is 1. The Kier molecular flexibility index (Phi) is 4.04. The molecule has 0 unspecified atom stereocenters. The Morgan fingerprint density at radius 2 is 1.79 bits per heavy atom. The van der Waals surface area contributed by atoms with E-state index in [2.05, 4.69) is 9.93 Å². The van der Waals surface area contributed by atoms with Gasteiger partial charge in [-0.25, -0.2) is 0 Å². The highest BCUT2D eigenvalue weighted by Crippen LogP contribution is 2.15. The highest BCUT2D eigenvalue weighted by molar-refractivity contribution is 7.89. The lowest BCUT2D eigenvalue weighted by Gasteiger charge is -2.11. The van der Waals surface area contributed by atoms with Crippen LogP contribution in [0.5, 0.6) is 0 Å². The van der Waals surface area contributed by atoms with Crippen LogP contribution < -0.4 is 4.83 Å². The fourth-order valence-corrected chi connectivity index (χ4v) is 2.79. The first-order valence-corrected chi connectivity index (χ1v) is 7.78. The zero-order valence-corrected chi connectivity index (χ0v) is 12.0. The van der Waals surface area contributed by atoms with Crippen molar-refractivity contribution in [3.05, 3.63) is 41.5 Å². The van der Waals surface area contributed by atoms with Crippen molar-refractivity contribution < 1.29 is 8.42 Å². The molecule has 19 heavy (non-hydrogen) atoms. The standard InChI is InChI=1S/C14H18N2O2S/c1-11-6-8-14(9-7-11)19(17,18)16-15-13-5-3-4-12(2)10-13/h6-10,16H,3-5H2,1-2H3/b15-13-. The summed E-state index contributed by atoms with van der Waals surface area (Å²) >= 11 is 0. The van der Waals surface area contributed by atoms with Gasteiger partial charge in [-0.05, 0) is 51.3 Å². The summed E-state index contributed by atoms with van der Waals surface area (Å²) in [5, 5.41) is 4.01. The second kappa shape index (κ2) is 5.57. The molecule has 0 aliphatic heterocycles. The Hall–Kier alpha value is -1.62. The van der Waals surface area contributed by atoms with Crippen LogP contribution in [0.15, 0.2) is 45.9 Å². The Morgan fingerprint density at radius 1 is 1.11 bits per heavy atom. The molecule has 1 aromatic rings. The van der Waals surface area contributed by atoms with E-state index < -0.39 is 10.0 Å². The summed E-state index contributed by atoms with van der Waals surface area (Å²) in [6, 6.07) is 6.71. The third kappa shape index (κ3) is 3.67. The maximum absolute atomic E-state index is 12.0. The summed E-state index contributed by atoms with van der Waals surface area (Å²) in [6.07, 6.45) is 4.84. The Morgan fingerprint density at radius 3 is 2.42 bits per heavy atom. The van der Waals surface area contributed by atoms with Gasteiger partial charge in [0.15, 0.2) is 0 Å². The molecule has 1 aliphatic carbocycles. The van der Waals surface area contributed by atoms with Gasteiger partial charge in [-0.3, -0.25) is 0 Å². The summed E-state index contributed by atoms with van der Waals surface area (Å²) in [6.45, 7) is 3.95. The normalized spacial score (nSPS) is 18.2. The van der Waals surface area contributed by atoms with Crippen molar-refractivity contribution in [2.24, 2.45) is 5.10 Å². The number of hydrazone groups is 1. The Bertz CT molecular complexity index is 613. The molecule has 0 spiro atoms. The number of allylic oxidation sites excluding steroid dienone is 2. The molecule has 102 valence electrons. The second-order valence-electron chi connectivity index (χ2n) is 4.86. The molecule has 0 bridgehead atoms. The summed E-state index contributed by atoms with van der Waals surface area (Å²) in [5.74, 6) is 0. The van der Waals surface area contributed by atoms with Crippen LogP contribution in [0.3, 0.4) is 0 Å². The summed E-state index contributed by atoms with van der Waals surface area (Å²) in [5.41, 5.74) is 3.05. The molecule has 0 radical (unpaired) electrons. The van der Waals surface area contributed by atoms with E-state index in [1.807, 2.05) is 19.9 Å². The highest BCUT2D eigenvalue weighted by atomic mass is 32.2. The first-order valence-electron chi connectivity index (χ1n) is 6.29. The van der Waals surface area contributed by atoms with Crippen molar-refractivity contribution in [2.45, 2.75) is 38.0 Å². The SMILES string of the molecule is CC1=C/C(=N\NS(=O)(=O)c2ccc(C)cc2)CCC1. The number of sulfonamides is 1. The Balaban J connectivity index is 2.16. The van der Waals surface area contributed by atoms with Gasteiger partial charge in [-0.2, -0.15) is 18.4 Å². The molecule has 5 heteroatoms. The first-order chi connectivity index (χ1) is 8.97. The fourth-order valence-electron chi connectivity index (χ4n) is 1.95. The molecule has 0 amide bonds. The van der Waals surface area contributed by atoms with Gasteiger partial charge in [0.25, 0.3) is 10.0 Å². The van der Waals surface area contributed by atoms with Crippen LogP contribution >= 0.6 is 0 Å². The molecular formula is C14H18N2O2S. The molecule has 0 aromatic heterocycles.